The molecule has 3 aliphatic rings. The van der Waals surface area contributed by atoms with E-state index in [1.807, 2.05) is 0 Å². The van der Waals surface area contributed by atoms with E-state index in [9.17, 15) is 5.11 Å². The Morgan fingerprint density at radius 2 is 2.00 bits per heavy atom. The number of nitrogens with zero attached hydrogens (tertiary/aromatic N) is 1. The SMILES string of the molecule is C[C@@H]1CCCCN1C[C@@H](O)CCO[C@H]1C[C@H]2CC[C@@]1(C)C2(C)C. The average Bonchev–Trinajstić information content (AvgIpc) is 2.83. The Kier molecular flexibility index (Phi) is 5.11. The van der Waals surface area contributed by atoms with Crippen LogP contribution in [-0.2, 0) is 4.74 Å². The van der Waals surface area contributed by atoms with E-state index in [0.717, 1.165) is 25.4 Å². The lowest BCUT2D eigenvalue weighted by Gasteiger charge is -2.39. The van der Waals surface area contributed by atoms with Gasteiger partial charge < -0.3 is 9.84 Å². The van der Waals surface area contributed by atoms with Crippen LogP contribution < -0.4 is 0 Å². The molecule has 3 heteroatoms. The van der Waals surface area contributed by atoms with Gasteiger partial charge in [-0.05, 0) is 68.7 Å². The third kappa shape index (κ3) is 3.21. The fraction of sp³-hybridized carbons (Fsp3) is 1.00. The average molecular weight is 324 g/mol. The van der Waals surface area contributed by atoms with Crippen molar-refractivity contribution in [2.75, 3.05) is 19.7 Å². The third-order valence-corrected chi connectivity index (χ3v) is 7.87. The van der Waals surface area contributed by atoms with Crippen molar-refractivity contribution < 1.29 is 9.84 Å². The number of hydrogen-bond donors (Lipinski definition) is 1. The molecule has 3 nitrogen and oxygen atoms in total. The van der Waals surface area contributed by atoms with Gasteiger partial charge in [0.2, 0.25) is 0 Å². The molecule has 1 aliphatic heterocycles. The molecule has 0 spiro atoms. The van der Waals surface area contributed by atoms with Crippen molar-refractivity contribution in [3.63, 3.8) is 0 Å². The summed E-state index contributed by atoms with van der Waals surface area (Å²) >= 11 is 0. The second kappa shape index (κ2) is 6.65. The predicted octanol–water partition coefficient (Wildman–Crippen LogP) is 3.84. The molecule has 5 atom stereocenters. The van der Waals surface area contributed by atoms with Crippen LogP contribution in [0.4, 0.5) is 0 Å². The lowest BCUT2D eigenvalue weighted by molar-refractivity contribution is -0.0574. The summed E-state index contributed by atoms with van der Waals surface area (Å²) in [6, 6.07) is 0.629. The van der Waals surface area contributed by atoms with Crippen molar-refractivity contribution in [1.29, 1.82) is 0 Å². The van der Waals surface area contributed by atoms with Gasteiger partial charge in [-0.3, -0.25) is 4.90 Å². The van der Waals surface area contributed by atoms with Gasteiger partial charge in [-0.25, -0.2) is 0 Å². The van der Waals surface area contributed by atoms with Gasteiger partial charge >= 0.3 is 0 Å². The van der Waals surface area contributed by atoms with Crippen molar-refractivity contribution in [3.8, 4) is 0 Å². The van der Waals surface area contributed by atoms with E-state index >= 15 is 0 Å². The molecular weight excluding hydrogens is 286 g/mol. The highest BCUT2D eigenvalue weighted by molar-refractivity contribution is 5.11. The number of aliphatic hydroxyl groups excluding tert-OH is 1. The summed E-state index contributed by atoms with van der Waals surface area (Å²) in [4.78, 5) is 2.45. The van der Waals surface area contributed by atoms with Crippen molar-refractivity contribution in [2.24, 2.45) is 16.7 Å². The number of fused-ring (bicyclic) bond motifs is 2. The lowest BCUT2D eigenvalue weighted by Crippen LogP contribution is -2.42. The van der Waals surface area contributed by atoms with E-state index < -0.39 is 0 Å². The first-order valence-electron chi connectivity index (χ1n) is 9.88. The Balaban J connectivity index is 1.42. The molecule has 0 radical (unpaired) electrons. The standard InChI is InChI=1S/C20H37NO2/c1-15-7-5-6-11-21(15)14-17(22)9-12-23-18-13-16-8-10-20(18,4)19(16,2)3/h15-18,22H,5-14H2,1-4H3/t15-,16-,17+,18+,20-/m1/s1. The molecule has 0 aromatic carbocycles. The first kappa shape index (κ1) is 17.7. The van der Waals surface area contributed by atoms with E-state index in [2.05, 4.69) is 32.6 Å². The maximum Gasteiger partial charge on any atom is 0.0689 e. The van der Waals surface area contributed by atoms with Crippen LogP contribution in [-0.4, -0.2) is 48.0 Å². The van der Waals surface area contributed by atoms with Gasteiger partial charge in [0.25, 0.3) is 0 Å². The normalized spacial score (nSPS) is 41.3. The van der Waals surface area contributed by atoms with Crippen LogP contribution >= 0.6 is 0 Å². The summed E-state index contributed by atoms with van der Waals surface area (Å²) in [6.45, 7) is 12.3. The predicted molar refractivity (Wildman–Crippen MR) is 94.5 cm³/mol. The second-order valence-electron chi connectivity index (χ2n) is 9.25. The number of likely N-dealkylation sites (tertiary alicyclic amines) is 1. The molecule has 23 heavy (non-hydrogen) atoms. The van der Waals surface area contributed by atoms with Crippen LogP contribution in [0, 0.1) is 16.7 Å². The third-order valence-electron chi connectivity index (χ3n) is 7.87. The Bertz CT molecular complexity index is 410. The quantitative estimate of drug-likeness (QED) is 0.806. The van der Waals surface area contributed by atoms with Crippen LogP contribution in [0.1, 0.15) is 72.6 Å². The van der Waals surface area contributed by atoms with Crippen molar-refractivity contribution in [3.05, 3.63) is 0 Å². The van der Waals surface area contributed by atoms with Gasteiger partial charge in [0, 0.05) is 19.2 Å². The minimum Gasteiger partial charge on any atom is -0.392 e. The van der Waals surface area contributed by atoms with Gasteiger partial charge in [-0.15, -0.1) is 0 Å². The number of ether oxygens (including phenoxy) is 1. The van der Waals surface area contributed by atoms with E-state index in [0.29, 0.717) is 29.6 Å². The molecule has 3 rings (SSSR count). The van der Waals surface area contributed by atoms with E-state index in [1.165, 1.54) is 38.5 Å². The number of β-amino-alcohol motifs (C(OH)–C–C–N with tert-alkyl or cyclic N) is 1. The van der Waals surface area contributed by atoms with E-state index in [1.54, 1.807) is 0 Å². The highest BCUT2D eigenvalue weighted by Crippen LogP contribution is 2.66. The van der Waals surface area contributed by atoms with E-state index in [4.69, 9.17) is 4.74 Å². The van der Waals surface area contributed by atoms with Gasteiger partial charge in [-0.2, -0.15) is 0 Å². The summed E-state index contributed by atoms with van der Waals surface area (Å²) in [6.07, 6.45) is 8.75. The second-order valence-corrected chi connectivity index (χ2v) is 9.25. The van der Waals surface area contributed by atoms with Crippen LogP contribution in [0.3, 0.4) is 0 Å². The smallest absolute Gasteiger partial charge is 0.0689 e. The van der Waals surface area contributed by atoms with Crippen LogP contribution in [0.15, 0.2) is 0 Å². The van der Waals surface area contributed by atoms with Crippen LogP contribution in [0.25, 0.3) is 0 Å². The molecule has 0 unspecified atom stereocenters. The summed E-state index contributed by atoms with van der Waals surface area (Å²) in [5.41, 5.74) is 0.753. The van der Waals surface area contributed by atoms with E-state index in [-0.39, 0.29) is 6.10 Å². The topological polar surface area (TPSA) is 32.7 Å². The lowest BCUT2D eigenvalue weighted by atomic mass is 9.70. The fourth-order valence-electron chi connectivity index (χ4n) is 5.52. The zero-order valence-electron chi connectivity index (χ0n) is 15.7. The van der Waals surface area contributed by atoms with Gasteiger partial charge in [-0.1, -0.05) is 27.2 Å². The molecule has 0 aromatic rings. The Hall–Kier alpha value is -0.120. The Morgan fingerprint density at radius 1 is 1.22 bits per heavy atom. The van der Waals surface area contributed by atoms with Crippen molar-refractivity contribution in [2.45, 2.75) is 90.9 Å². The number of piperidine rings is 1. The minimum atomic E-state index is -0.241. The molecule has 1 N–H and O–H groups in total. The number of hydrogen-bond acceptors (Lipinski definition) is 3. The Morgan fingerprint density at radius 3 is 2.61 bits per heavy atom. The molecule has 1 saturated heterocycles. The van der Waals surface area contributed by atoms with Crippen LogP contribution in [0.2, 0.25) is 0 Å². The Labute approximate surface area is 142 Å². The summed E-state index contributed by atoms with van der Waals surface area (Å²) in [5.74, 6) is 0.830. The molecule has 1 heterocycles. The molecular formula is C20H37NO2. The van der Waals surface area contributed by atoms with Gasteiger partial charge in [0.05, 0.1) is 12.2 Å². The molecule has 2 aliphatic carbocycles. The highest BCUT2D eigenvalue weighted by atomic mass is 16.5. The molecule has 2 saturated carbocycles. The van der Waals surface area contributed by atoms with Crippen molar-refractivity contribution in [1.82, 2.24) is 4.90 Å². The van der Waals surface area contributed by atoms with Crippen LogP contribution in [0.5, 0.6) is 0 Å². The maximum absolute atomic E-state index is 10.4. The molecule has 0 aromatic heterocycles. The summed E-state index contributed by atoms with van der Waals surface area (Å²) in [5, 5.41) is 10.4. The molecule has 0 amide bonds. The first-order chi connectivity index (χ1) is 10.8. The largest absolute Gasteiger partial charge is 0.392 e. The zero-order chi connectivity index (χ0) is 16.7. The minimum absolute atomic E-state index is 0.241. The number of aliphatic hydroxyl groups is 1. The monoisotopic (exact) mass is 323 g/mol. The van der Waals surface area contributed by atoms with Gasteiger partial charge in [0.1, 0.15) is 0 Å². The molecule has 2 bridgehead atoms. The number of rotatable bonds is 6. The maximum atomic E-state index is 10.4. The first-order valence-corrected chi connectivity index (χ1v) is 9.88. The molecule has 3 fully saturated rings. The summed E-state index contributed by atoms with van der Waals surface area (Å²) in [7, 11) is 0. The summed E-state index contributed by atoms with van der Waals surface area (Å²) < 4.78 is 6.28. The van der Waals surface area contributed by atoms with Gasteiger partial charge in [0.15, 0.2) is 0 Å². The fourth-order valence-corrected chi connectivity index (χ4v) is 5.52. The zero-order valence-corrected chi connectivity index (χ0v) is 15.7. The van der Waals surface area contributed by atoms with Crippen molar-refractivity contribution >= 4 is 0 Å². The highest BCUT2D eigenvalue weighted by Gasteiger charge is 2.61. The molecule has 134 valence electrons.